The number of anilines is 1. The number of fused-ring (bicyclic) bond motifs is 1. The summed E-state index contributed by atoms with van der Waals surface area (Å²) in [5.74, 6) is 0.223. The second-order valence-electron chi connectivity index (χ2n) is 4.84. The molecule has 3 nitrogen and oxygen atoms in total. The van der Waals surface area contributed by atoms with Crippen molar-refractivity contribution in [3.05, 3.63) is 28.8 Å². The Balaban J connectivity index is 2.16. The van der Waals surface area contributed by atoms with Crippen LogP contribution in [0.4, 0.5) is 5.69 Å². The number of ether oxygens (including phenoxy) is 1. The lowest BCUT2D eigenvalue weighted by atomic mass is 9.88. The van der Waals surface area contributed by atoms with Crippen LogP contribution in [-0.4, -0.2) is 19.6 Å². The number of nitrogens with one attached hydrogen (secondary N) is 1. The predicted molar refractivity (Wildman–Crippen MR) is 68.2 cm³/mol. The number of aryl methyl sites for hydroxylation is 2. The quantitative estimate of drug-likeness (QED) is 0.797. The van der Waals surface area contributed by atoms with Crippen molar-refractivity contribution in [2.75, 3.05) is 19.0 Å². The SMILES string of the molecule is COC(=O)CC1CNc2cc(C)cc(C)c2C1. The van der Waals surface area contributed by atoms with Crippen molar-refractivity contribution in [1.29, 1.82) is 0 Å². The van der Waals surface area contributed by atoms with Crippen molar-refractivity contribution in [3.63, 3.8) is 0 Å². The molecule has 0 bridgehead atoms. The van der Waals surface area contributed by atoms with Crippen LogP contribution in [0.1, 0.15) is 23.1 Å². The highest BCUT2D eigenvalue weighted by Gasteiger charge is 2.22. The van der Waals surface area contributed by atoms with E-state index in [0.717, 1.165) is 13.0 Å². The zero-order valence-electron chi connectivity index (χ0n) is 10.7. The molecule has 17 heavy (non-hydrogen) atoms. The van der Waals surface area contributed by atoms with Crippen LogP contribution >= 0.6 is 0 Å². The van der Waals surface area contributed by atoms with Crippen LogP contribution in [0.15, 0.2) is 12.1 Å². The van der Waals surface area contributed by atoms with Crippen LogP contribution in [0.25, 0.3) is 0 Å². The molecule has 0 fully saturated rings. The smallest absolute Gasteiger partial charge is 0.305 e. The molecule has 0 radical (unpaired) electrons. The molecule has 0 saturated heterocycles. The summed E-state index contributed by atoms with van der Waals surface area (Å²) >= 11 is 0. The number of rotatable bonds is 2. The molecule has 0 aromatic heterocycles. The number of methoxy groups -OCH3 is 1. The van der Waals surface area contributed by atoms with Gasteiger partial charge >= 0.3 is 5.97 Å². The fraction of sp³-hybridized carbons (Fsp3) is 0.500. The molecule has 92 valence electrons. The maximum atomic E-state index is 11.3. The monoisotopic (exact) mass is 233 g/mol. The Kier molecular flexibility index (Phi) is 3.36. The maximum absolute atomic E-state index is 11.3. The molecule has 0 spiro atoms. The van der Waals surface area contributed by atoms with Gasteiger partial charge in [-0.25, -0.2) is 0 Å². The molecule has 1 atom stereocenters. The third kappa shape index (κ3) is 2.60. The van der Waals surface area contributed by atoms with E-state index in [0.29, 0.717) is 12.3 Å². The summed E-state index contributed by atoms with van der Waals surface area (Å²) in [7, 11) is 1.45. The predicted octanol–water partition coefficient (Wildman–Crippen LogP) is 2.45. The number of benzene rings is 1. The fourth-order valence-corrected chi connectivity index (χ4v) is 2.50. The van der Waals surface area contributed by atoms with Gasteiger partial charge in [-0.05, 0) is 48.9 Å². The molecule has 1 heterocycles. The Morgan fingerprint density at radius 2 is 2.24 bits per heavy atom. The Hall–Kier alpha value is -1.51. The van der Waals surface area contributed by atoms with Gasteiger partial charge in [0, 0.05) is 12.2 Å². The summed E-state index contributed by atoms with van der Waals surface area (Å²) in [4.78, 5) is 11.3. The summed E-state index contributed by atoms with van der Waals surface area (Å²) in [6, 6.07) is 4.37. The number of carbonyl (C=O) groups excluding carboxylic acids is 1. The van der Waals surface area contributed by atoms with Gasteiger partial charge in [0.25, 0.3) is 0 Å². The van der Waals surface area contributed by atoms with Crippen LogP contribution in [0, 0.1) is 19.8 Å². The lowest BCUT2D eigenvalue weighted by Crippen LogP contribution is -2.26. The number of hydrogen-bond acceptors (Lipinski definition) is 3. The maximum Gasteiger partial charge on any atom is 0.305 e. The molecule has 1 aliphatic rings. The first-order chi connectivity index (χ1) is 8.10. The Labute approximate surface area is 102 Å². The first kappa shape index (κ1) is 12.0. The highest BCUT2D eigenvalue weighted by molar-refractivity contribution is 5.70. The minimum absolute atomic E-state index is 0.120. The molecule has 1 aromatic rings. The van der Waals surface area contributed by atoms with Gasteiger partial charge in [-0.3, -0.25) is 4.79 Å². The summed E-state index contributed by atoms with van der Waals surface area (Å²) in [6.45, 7) is 5.09. The van der Waals surface area contributed by atoms with E-state index in [4.69, 9.17) is 4.74 Å². The Bertz CT molecular complexity index is 440. The van der Waals surface area contributed by atoms with E-state index in [2.05, 4.69) is 31.3 Å². The number of carbonyl (C=O) groups is 1. The average molecular weight is 233 g/mol. The number of hydrogen-bond donors (Lipinski definition) is 1. The molecule has 0 saturated carbocycles. The lowest BCUT2D eigenvalue weighted by molar-refractivity contribution is -0.141. The summed E-state index contributed by atoms with van der Waals surface area (Å²) in [6.07, 6.45) is 1.46. The molecule has 0 aliphatic carbocycles. The van der Waals surface area contributed by atoms with Gasteiger partial charge in [-0.2, -0.15) is 0 Å². The average Bonchev–Trinajstić information content (AvgIpc) is 2.29. The van der Waals surface area contributed by atoms with E-state index in [9.17, 15) is 4.79 Å². The van der Waals surface area contributed by atoms with Gasteiger partial charge in [0.2, 0.25) is 0 Å². The third-order valence-corrected chi connectivity index (χ3v) is 3.37. The Morgan fingerprint density at radius 1 is 1.47 bits per heavy atom. The van der Waals surface area contributed by atoms with Crippen LogP contribution in [0.3, 0.4) is 0 Å². The first-order valence-electron chi connectivity index (χ1n) is 6.01. The topological polar surface area (TPSA) is 38.3 Å². The van der Waals surface area contributed by atoms with Gasteiger partial charge < -0.3 is 10.1 Å². The Morgan fingerprint density at radius 3 is 2.94 bits per heavy atom. The van der Waals surface area contributed by atoms with E-state index in [1.165, 1.54) is 29.5 Å². The second kappa shape index (κ2) is 4.78. The molecule has 2 rings (SSSR count). The van der Waals surface area contributed by atoms with Gasteiger partial charge in [0.15, 0.2) is 0 Å². The van der Waals surface area contributed by atoms with Crippen LogP contribution in [0.5, 0.6) is 0 Å². The zero-order valence-corrected chi connectivity index (χ0v) is 10.7. The fourth-order valence-electron chi connectivity index (χ4n) is 2.50. The van der Waals surface area contributed by atoms with Crippen LogP contribution in [-0.2, 0) is 16.0 Å². The summed E-state index contributed by atoms with van der Waals surface area (Å²) in [5.41, 5.74) is 5.15. The lowest BCUT2D eigenvalue weighted by Gasteiger charge is -2.27. The summed E-state index contributed by atoms with van der Waals surface area (Å²) in [5, 5.41) is 3.42. The van der Waals surface area contributed by atoms with Gasteiger partial charge in [-0.1, -0.05) is 6.07 Å². The minimum atomic E-state index is -0.120. The highest BCUT2D eigenvalue weighted by Crippen LogP contribution is 2.30. The molecular formula is C14H19NO2. The molecule has 1 aliphatic heterocycles. The normalized spacial score (nSPS) is 18.2. The van der Waals surface area contributed by atoms with Gasteiger partial charge in [0.1, 0.15) is 0 Å². The van der Waals surface area contributed by atoms with E-state index >= 15 is 0 Å². The molecule has 1 aromatic carbocycles. The molecule has 0 amide bonds. The van der Waals surface area contributed by atoms with E-state index in [1.807, 2.05) is 0 Å². The first-order valence-corrected chi connectivity index (χ1v) is 6.01. The van der Waals surface area contributed by atoms with Gasteiger partial charge in [0.05, 0.1) is 13.5 Å². The largest absolute Gasteiger partial charge is 0.469 e. The van der Waals surface area contributed by atoms with Crippen molar-refractivity contribution < 1.29 is 9.53 Å². The van der Waals surface area contributed by atoms with Crippen LogP contribution in [0.2, 0.25) is 0 Å². The zero-order chi connectivity index (χ0) is 12.4. The van der Waals surface area contributed by atoms with Crippen molar-refractivity contribution in [2.24, 2.45) is 5.92 Å². The molecule has 1 N–H and O–H groups in total. The van der Waals surface area contributed by atoms with Crippen molar-refractivity contribution in [2.45, 2.75) is 26.7 Å². The van der Waals surface area contributed by atoms with E-state index in [-0.39, 0.29) is 5.97 Å². The van der Waals surface area contributed by atoms with Crippen molar-refractivity contribution >= 4 is 11.7 Å². The second-order valence-corrected chi connectivity index (χ2v) is 4.84. The molecule has 3 heteroatoms. The van der Waals surface area contributed by atoms with Crippen molar-refractivity contribution in [1.82, 2.24) is 0 Å². The van der Waals surface area contributed by atoms with E-state index in [1.54, 1.807) is 0 Å². The van der Waals surface area contributed by atoms with Crippen LogP contribution < -0.4 is 5.32 Å². The third-order valence-electron chi connectivity index (χ3n) is 3.37. The highest BCUT2D eigenvalue weighted by atomic mass is 16.5. The van der Waals surface area contributed by atoms with Gasteiger partial charge in [-0.15, -0.1) is 0 Å². The molecule has 1 unspecified atom stereocenters. The standard InChI is InChI=1S/C14H19NO2/c1-9-4-10(2)12-6-11(7-14(16)17-3)8-15-13(12)5-9/h4-5,11,15H,6-8H2,1-3H3. The van der Waals surface area contributed by atoms with Crippen molar-refractivity contribution in [3.8, 4) is 0 Å². The molecular weight excluding hydrogens is 214 g/mol. The number of esters is 1. The summed E-state index contributed by atoms with van der Waals surface area (Å²) < 4.78 is 4.72. The van der Waals surface area contributed by atoms with E-state index < -0.39 is 0 Å². The minimum Gasteiger partial charge on any atom is -0.469 e.